The number of hydrogen-bond donors (Lipinski definition) is 3. The van der Waals surface area contributed by atoms with Crippen LogP contribution in [-0.2, 0) is 10.2 Å². The third-order valence-electron chi connectivity index (χ3n) is 1.78. The average Bonchev–Trinajstić information content (AvgIpc) is 2.20. The van der Waals surface area contributed by atoms with E-state index in [9.17, 15) is 13.2 Å². The topological polar surface area (TPSA) is 95.5 Å². The van der Waals surface area contributed by atoms with Crippen LogP contribution in [0.1, 0.15) is 17.3 Å². The molecular formula is C9H11ClN2O4S. The van der Waals surface area contributed by atoms with Crippen LogP contribution in [0.25, 0.3) is 0 Å². The standard InChI is InChI=1S/C9H11ClN2O4S/c1-2-11-17(15,16)12-6-3-4-8(10)7(5-6)9(13)14/h3-5,11-12H,2H2,1H3,(H,13,14). The molecule has 0 heterocycles. The number of carboxylic acids is 1. The minimum Gasteiger partial charge on any atom is -0.478 e. The van der Waals surface area contributed by atoms with Crippen molar-refractivity contribution in [1.82, 2.24) is 4.72 Å². The van der Waals surface area contributed by atoms with Crippen molar-refractivity contribution in [2.24, 2.45) is 0 Å². The van der Waals surface area contributed by atoms with Crippen LogP contribution in [0, 0.1) is 0 Å². The number of carboxylic acid groups (broad SMARTS) is 1. The fourth-order valence-electron chi connectivity index (χ4n) is 1.13. The fourth-order valence-corrected chi connectivity index (χ4v) is 2.22. The highest BCUT2D eigenvalue weighted by molar-refractivity contribution is 7.90. The molecule has 0 aromatic heterocycles. The molecule has 3 N–H and O–H groups in total. The van der Waals surface area contributed by atoms with Crippen molar-refractivity contribution < 1.29 is 18.3 Å². The zero-order chi connectivity index (χ0) is 13.1. The van der Waals surface area contributed by atoms with Gasteiger partial charge in [-0.25, -0.2) is 4.79 Å². The first kappa shape index (κ1) is 13.8. The van der Waals surface area contributed by atoms with E-state index in [2.05, 4.69) is 9.44 Å². The number of nitrogens with one attached hydrogen (secondary N) is 2. The minimum absolute atomic E-state index is 0.0453. The molecule has 0 fully saturated rings. The number of carbonyl (C=O) groups is 1. The van der Waals surface area contributed by atoms with E-state index < -0.39 is 16.2 Å². The van der Waals surface area contributed by atoms with Gasteiger partial charge in [-0.2, -0.15) is 13.1 Å². The Hall–Kier alpha value is -1.31. The third kappa shape index (κ3) is 3.88. The first-order chi connectivity index (χ1) is 7.85. The number of anilines is 1. The normalized spacial score (nSPS) is 11.2. The SMILES string of the molecule is CCNS(=O)(=O)Nc1ccc(Cl)c(C(=O)O)c1. The molecule has 0 aliphatic carbocycles. The van der Waals surface area contributed by atoms with Crippen molar-refractivity contribution >= 4 is 33.5 Å². The van der Waals surface area contributed by atoms with Crippen LogP contribution in [0.5, 0.6) is 0 Å². The summed E-state index contributed by atoms with van der Waals surface area (Å²) in [5, 5.41) is 8.86. The van der Waals surface area contributed by atoms with Gasteiger partial charge in [0.2, 0.25) is 0 Å². The highest BCUT2D eigenvalue weighted by Gasteiger charge is 2.12. The van der Waals surface area contributed by atoms with E-state index in [0.717, 1.165) is 6.07 Å². The molecule has 1 aromatic carbocycles. The summed E-state index contributed by atoms with van der Waals surface area (Å²) in [5.41, 5.74) is -0.0314. The largest absolute Gasteiger partial charge is 0.478 e. The van der Waals surface area contributed by atoms with E-state index >= 15 is 0 Å². The zero-order valence-corrected chi connectivity index (χ0v) is 10.5. The van der Waals surface area contributed by atoms with Crippen LogP contribution >= 0.6 is 11.6 Å². The second-order valence-corrected chi connectivity index (χ2v) is 5.01. The summed E-state index contributed by atoms with van der Waals surface area (Å²) in [7, 11) is -3.68. The molecule has 0 unspecified atom stereocenters. The predicted octanol–water partition coefficient (Wildman–Crippen LogP) is 1.30. The molecule has 6 nitrogen and oxygen atoms in total. The highest BCUT2D eigenvalue weighted by Crippen LogP contribution is 2.21. The molecule has 1 rings (SSSR count). The van der Waals surface area contributed by atoms with Gasteiger partial charge < -0.3 is 5.11 Å². The Morgan fingerprint density at radius 3 is 2.65 bits per heavy atom. The molecule has 94 valence electrons. The molecule has 0 aliphatic rings. The van der Waals surface area contributed by atoms with Gasteiger partial charge in [0.25, 0.3) is 10.2 Å². The Morgan fingerprint density at radius 1 is 1.47 bits per heavy atom. The van der Waals surface area contributed by atoms with Gasteiger partial charge in [-0.15, -0.1) is 0 Å². The first-order valence-corrected chi connectivity index (χ1v) is 6.52. The maximum atomic E-state index is 11.4. The molecule has 0 amide bonds. The van der Waals surface area contributed by atoms with E-state index in [0.29, 0.717) is 0 Å². The number of hydrogen-bond acceptors (Lipinski definition) is 3. The van der Waals surface area contributed by atoms with Crippen molar-refractivity contribution in [2.75, 3.05) is 11.3 Å². The Balaban J connectivity index is 3.02. The van der Waals surface area contributed by atoms with Crippen molar-refractivity contribution in [3.8, 4) is 0 Å². The minimum atomic E-state index is -3.68. The Kier molecular flexibility index (Phi) is 4.33. The van der Waals surface area contributed by atoms with Crippen LogP contribution in [0.3, 0.4) is 0 Å². The van der Waals surface area contributed by atoms with E-state index in [4.69, 9.17) is 16.7 Å². The lowest BCUT2D eigenvalue weighted by Crippen LogP contribution is -2.29. The van der Waals surface area contributed by atoms with Crippen LogP contribution in [0.2, 0.25) is 5.02 Å². The van der Waals surface area contributed by atoms with E-state index in [-0.39, 0.29) is 22.8 Å². The van der Waals surface area contributed by atoms with Crippen molar-refractivity contribution in [3.05, 3.63) is 28.8 Å². The van der Waals surface area contributed by atoms with Gasteiger partial charge >= 0.3 is 5.97 Å². The second-order valence-electron chi connectivity index (χ2n) is 3.10. The second kappa shape index (κ2) is 5.35. The van der Waals surface area contributed by atoms with E-state index in [1.165, 1.54) is 12.1 Å². The van der Waals surface area contributed by atoms with Gasteiger partial charge in [0.1, 0.15) is 0 Å². The lowest BCUT2D eigenvalue weighted by Gasteiger charge is -2.09. The predicted molar refractivity (Wildman–Crippen MR) is 64.6 cm³/mol. The Bertz CT molecular complexity index is 530. The van der Waals surface area contributed by atoms with Gasteiger partial charge in [-0.05, 0) is 18.2 Å². The number of rotatable bonds is 5. The highest BCUT2D eigenvalue weighted by atomic mass is 35.5. The lowest BCUT2D eigenvalue weighted by molar-refractivity contribution is 0.0697. The van der Waals surface area contributed by atoms with Gasteiger partial charge in [-0.3, -0.25) is 4.72 Å². The molecule has 0 spiro atoms. The summed E-state index contributed by atoms with van der Waals surface area (Å²) in [6, 6.07) is 3.85. The maximum Gasteiger partial charge on any atom is 0.337 e. The summed E-state index contributed by atoms with van der Waals surface area (Å²) >= 11 is 5.65. The molecule has 0 saturated heterocycles. The fraction of sp³-hybridized carbons (Fsp3) is 0.222. The van der Waals surface area contributed by atoms with Crippen molar-refractivity contribution in [3.63, 3.8) is 0 Å². The molecule has 0 bridgehead atoms. The quantitative estimate of drug-likeness (QED) is 0.756. The molecular weight excluding hydrogens is 268 g/mol. The molecule has 0 atom stereocenters. The molecule has 0 radical (unpaired) electrons. The Labute approximate surface area is 104 Å². The van der Waals surface area contributed by atoms with Gasteiger partial charge in [0, 0.05) is 6.54 Å². The van der Waals surface area contributed by atoms with Crippen molar-refractivity contribution in [2.45, 2.75) is 6.92 Å². The number of aromatic carboxylic acids is 1. The molecule has 0 aliphatic heterocycles. The summed E-state index contributed by atoms with van der Waals surface area (Å²) in [6.07, 6.45) is 0. The average molecular weight is 279 g/mol. The summed E-state index contributed by atoms with van der Waals surface area (Å²) < 4.78 is 27.1. The van der Waals surface area contributed by atoms with Gasteiger partial charge in [0.15, 0.2) is 0 Å². The molecule has 8 heteroatoms. The number of benzene rings is 1. The summed E-state index contributed by atoms with van der Waals surface area (Å²) in [5.74, 6) is -1.22. The zero-order valence-electron chi connectivity index (χ0n) is 8.90. The molecule has 1 aromatic rings. The Morgan fingerprint density at radius 2 is 2.12 bits per heavy atom. The maximum absolute atomic E-state index is 11.4. The number of halogens is 1. The molecule has 0 saturated carbocycles. The summed E-state index contributed by atoms with van der Waals surface area (Å²) in [4.78, 5) is 10.8. The smallest absolute Gasteiger partial charge is 0.337 e. The van der Waals surface area contributed by atoms with Gasteiger partial charge in [0.05, 0.1) is 16.3 Å². The van der Waals surface area contributed by atoms with Crippen LogP contribution in [0.4, 0.5) is 5.69 Å². The van der Waals surface area contributed by atoms with E-state index in [1.54, 1.807) is 6.92 Å². The lowest BCUT2D eigenvalue weighted by atomic mass is 10.2. The van der Waals surface area contributed by atoms with E-state index in [1.807, 2.05) is 0 Å². The van der Waals surface area contributed by atoms with Crippen LogP contribution in [0.15, 0.2) is 18.2 Å². The summed E-state index contributed by atoms with van der Waals surface area (Å²) in [6.45, 7) is 1.86. The van der Waals surface area contributed by atoms with Crippen molar-refractivity contribution in [1.29, 1.82) is 0 Å². The third-order valence-corrected chi connectivity index (χ3v) is 3.29. The van der Waals surface area contributed by atoms with Gasteiger partial charge in [-0.1, -0.05) is 18.5 Å². The molecule has 17 heavy (non-hydrogen) atoms. The first-order valence-electron chi connectivity index (χ1n) is 4.66. The van der Waals surface area contributed by atoms with Crippen LogP contribution in [-0.4, -0.2) is 26.0 Å². The van der Waals surface area contributed by atoms with Crippen LogP contribution < -0.4 is 9.44 Å². The monoisotopic (exact) mass is 278 g/mol.